The van der Waals surface area contributed by atoms with Crippen molar-refractivity contribution < 1.29 is 14.3 Å². The Morgan fingerprint density at radius 3 is 2.74 bits per heavy atom. The lowest BCUT2D eigenvalue weighted by Crippen LogP contribution is -2.30. The third-order valence-electron chi connectivity index (χ3n) is 3.94. The molecule has 2 aliphatic rings. The number of benzene rings is 1. The van der Waals surface area contributed by atoms with Gasteiger partial charge in [0, 0.05) is 12.1 Å². The standard InChI is InChI=1S/C15H19NO3/c17-15(13-10-11-6-7-14(13)16-11)19-9-8-18-12-4-2-1-3-5-12/h1-5,11,13-14,16H,6-10H2. The number of esters is 1. The molecule has 1 aromatic carbocycles. The fraction of sp³-hybridized carbons (Fsp3) is 0.533. The molecule has 0 saturated carbocycles. The van der Waals surface area contributed by atoms with E-state index in [0.29, 0.717) is 25.3 Å². The van der Waals surface area contributed by atoms with Gasteiger partial charge in [0.1, 0.15) is 19.0 Å². The zero-order valence-electron chi connectivity index (χ0n) is 10.9. The summed E-state index contributed by atoms with van der Waals surface area (Å²) in [4.78, 5) is 11.9. The molecule has 4 nitrogen and oxygen atoms in total. The molecular weight excluding hydrogens is 242 g/mol. The maximum Gasteiger partial charge on any atom is 0.310 e. The summed E-state index contributed by atoms with van der Waals surface area (Å²) >= 11 is 0. The Kier molecular flexibility index (Phi) is 3.69. The van der Waals surface area contributed by atoms with Gasteiger partial charge in [-0.15, -0.1) is 0 Å². The second-order valence-electron chi connectivity index (χ2n) is 5.22. The summed E-state index contributed by atoms with van der Waals surface area (Å²) in [5.74, 6) is 0.784. The third kappa shape index (κ3) is 2.89. The number of hydrogen-bond donors (Lipinski definition) is 1. The molecule has 0 aromatic heterocycles. The number of rotatable bonds is 5. The van der Waals surface area contributed by atoms with Gasteiger partial charge in [-0.25, -0.2) is 0 Å². The fourth-order valence-corrected chi connectivity index (χ4v) is 3.01. The van der Waals surface area contributed by atoms with Crippen LogP contribution in [0.4, 0.5) is 0 Å². The van der Waals surface area contributed by atoms with Crippen LogP contribution in [0.25, 0.3) is 0 Å². The van der Waals surface area contributed by atoms with Gasteiger partial charge in [0.2, 0.25) is 0 Å². The predicted molar refractivity (Wildman–Crippen MR) is 70.9 cm³/mol. The van der Waals surface area contributed by atoms with E-state index >= 15 is 0 Å². The van der Waals surface area contributed by atoms with Gasteiger partial charge in [0.05, 0.1) is 5.92 Å². The van der Waals surface area contributed by atoms with Crippen LogP contribution < -0.4 is 10.1 Å². The molecular formula is C15H19NO3. The molecule has 2 bridgehead atoms. The highest BCUT2D eigenvalue weighted by atomic mass is 16.6. The summed E-state index contributed by atoms with van der Waals surface area (Å²) in [5, 5.41) is 3.44. The van der Waals surface area contributed by atoms with Gasteiger partial charge in [-0.2, -0.15) is 0 Å². The average molecular weight is 261 g/mol. The fourth-order valence-electron chi connectivity index (χ4n) is 3.01. The summed E-state index contributed by atoms with van der Waals surface area (Å²) in [6.07, 6.45) is 3.24. The Bertz CT molecular complexity index is 434. The van der Waals surface area contributed by atoms with Crippen LogP contribution >= 0.6 is 0 Å². The van der Waals surface area contributed by atoms with Crippen LogP contribution in [0, 0.1) is 5.92 Å². The summed E-state index contributed by atoms with van der Waals surface area (Å²) < 4.78 is 10.8. The Balaban J connectivity index is 1.37. The third-order valence-corrected chi connectivity index (χ3v) is 3.94. The first-order valence-electron chi connectivity index (χ1n) is 6.93. The molecule has 4 heteroatoms. The van der Waals surface area contributed by atoms with Gasteiger partial charge in [-0.1, -0.05) is 18.2 Å². The largest absolute Gasteiger partial charge is 0.490 e. The first-order valence-corrected chi connectivity index (χ1v) is 6.93. The first-order chi connectivity index (χ1) is 9.33. The number of nitrogens with one attached hydrogen (secondary N) is 1. The van der Waals surface area contributed by atoms with E-state index in [-0.39, 0.29) is 11.9 Å². The summed E-state index contributed by atoms with van der Waals surface area (Å²) in [6.45, 7) is 0.728. The molecule has 2 saturated heterocycles. The molecule has 0 amide bonds. The van der Waals surface area contributed by atoms with Crippen LogP contribution in [0.3, 0.4) is 0 Å². The number of carbonyl (C=O) groups excluding carboxylic acids is 1. The second kappa shape index (κ2) is 5.61. The molecule has 2 fully saturated rings. The zero-order chi connectivity index (χ0) is 13.1. The van der Waals surface area contributed by atoms with Gasteiger partial charge in [-0.05, 0) is 31.4 Å². The van der Waals surface area contributed by atoms with E-state index in [1.165, 1.54) is 6.42 Å². The van der Waals surface area contributed by atoms with Crippen LogP contribution in [0.15, 0.2) is 30.3 Å². The number of fused-ring (bicyclic) bond motifs is 2. The maximum absolute atomic E-state index is 11.9. The van der Waals surface area contributed by atoms with Crippen molar-refractivity contribution in [2.24, 2.45) is 5.92 Å². The number of para-hydroxylation sites is 1. The molecule has 102 valence electrons. The smallest absolute Gasteiger partial charge is 0.310 e. The average Bonchev–Trinajstić information content (AvgIpc) is 3.07. The number of ether oxygens (including phenoxy) is 2. The van der Waals surface area contributed by atoms with E-state index in [0.717, 1.165) is 18.6 Å². The molecule has 2 heterocycles. The maximum atomic E-state index is 11.9. The molecule has 0 spiro atoms. The minimum Gasteiger partial charge on any atom is -0.490 e. The Morgan fingerprint density at radius 1 is 1.21 bits per heavy atom. The molecule has 3 atom stereocenters. The molecule has 19 heavy (non-hydrogen) atoms. The molecule has 3 unspecified atom stereocenters. The Hall–Kier alpha value is -1.55. The first kappa shape index (κ1) is 12.5. The van der Waals surface area contributed by atoms with Crippen LogP contribution in [0.2, 0.25) is 0 Å². The molecule has 1 aromatic rings. The molecule has 0 radical (unpaired) electrons. The summed E-state index contributed by atoms with van der Waals surface area (Å²) in [6, 6.07) is 10.4. The van der Waals surface area contributed by atoms with E-state index < -0.39 is 0 Å². The Morgan fingerprint density at radius 2 is 2.05 bits per heavy atom. The highest BCUT2D eigenvalue weighted by Gasteiger charge is 2.43. The van der Waals surface area contributed by atoms with Crippen molar-refractivity contribution in [2.45, 2.75) is 31.3 Å². The van der Waals surface area contributed by atoms with Crippen molar-refractivity contribution in [3.63, 3.8) is 0 Å². The highest BCUT2D eigenvalue weighted by Crippen LogP contribution is 2.33. The van der Waals surface area contributed by atoms with Crippen molar-refractivity contribution in [1.82, 2.24) is 5.32 Å². The SMILES string of the molecule is O=C(OCCOc1ccccc1)C1CC2CCC1N2. The minimum atomic E-state index is -0.0728. The normalized spacial score (nSPS) is 28.3. The van der Waals surface area contributed by atoms with Crippen LogP contribution in [-0.4, -0.2) is 31.3 Å². The van der Waals surface area contributed by atoms with Gasteiger partial charge in [0.15, 0.2) is 0 Å². The van der Waals surface area contributed by atoms with E-state index in [1.54, 1.807) is 0 Å². The van der Waals surface area contributed by atoms with Crippen LogP contribution in [-0.2, 0) is 9.53 Å². The van der Waals surface area contributed by atoms with E-state index in [1.807, 2.05) is 30.3 Å². The number of carbonyl (C=O) groups is 1. The van der Waals surface area contributed by atoms with Crippen molar-refractivity contribution in [3.05, 3.63) is 30.3 Å². The van der Waals surface area contributed by atoms with Crippen LogP contribution in [0.1, 0.15) is 19.3 Å². The van der Waals surface area contributed by atoms with Crippen molar-refractivity contribution in [1.29, 1.82) is 0 Å². The zero-order valence-corrected chi connectivity index (χ0v) is 10.9. The topological polar surface area (TPSA) is 47.6 Å². The lowest BCUT2D eigenvalue weighted by Gasteiger charge is -2.18. The van der Waals surface area contributed by atoms with E-state index in [4.69, 9.17) is 9.47 Å². The molecule has 2 aliphatic heterocycles. The van der Waals surface area contributed by atoms with Crippen molar-refractivity contribution in [2.75, 3.05) is 13.2 Å². The van der Waals surface area contributed by atoms with Gasteiger partial charge in [0.25, 0.3) is 0 Å². The van der Waals surface area contributed by atoms with Gasteiger partial charge >= 0.3 is 5.97 Å². The van der Waals surface area contributed by atoms with E-state index in [9.17, 15) is 4.79 Å². The lowest BCUT2D eigenvalue weighted by molar-refractivity contribution is -0.149. The van der Waals surface area contributed by atoms with Gasteiger partial charge < -0.3 is 14.8 Å². The minimum absolute atomic E-state index is 0.0514. The highest BCUT2D eigenvalue weighted by molar-refractivity contribution is 5.74. The predicted octanol–water partition coefficient (Wildman–Crippen LogP) is 1.75. The molecule has 3 rings (SSSR count). The second-order valence-corrected chi connectivity index (χ2v) is 5.22. The van der Waals surface area contributed by atoms with Crippen molar-refractivity contribution in [3.8, 4) is 5.75 Å². The molecule has 0 aliphatic carbocycles. The molecule has 1 N–H and O–H groups in total. The van der Waals surface area contributed by atoms with Crippen LogP contribution in [0.5, 0.6) is 5.75 Å². The number of hydrogen-bond acceptors (Lipinski definition) is 4. The quantitative estimate of drug-likeness (QED) is 0.648. The summed E-state index contributed by atoms with van der Waals surface area (Å²) in [7, 11) is 0. The lowest BCUT2D eigenvalue weighted by atomic mass is 9.89. The Labute approximate surface area is 113 Å². The van der Waals surface area contributed by atoms with Crippen molar-refractivity contribution >= 4 is 5.97 Å². The van der Waals surface area contributed by atoms with E-state index in [2.05, 4.69) is 5.32 Å². The monoisotopic (exact) mass is 261 g/mol. The van der Waals surface area contributed by atoms with Gasteiger partial charge in [-0.3, -0.25) is 4.79 Å². The summed E-state index contributed by atoms with van der Waals surface area (Å²) in [5.41, 5.74) is 0.